The van der Waals surface area contributed by atoms with Crippen molar-refractivity contribution in [3.63, 3.8) is 0 Å². The van der Waals surface area contributed by atoms with E-state index in [0.29, 0.717) is 24.3 Å². The number of benzene rings is 1. The lowest BCUT2D eigenvalue weighted by molar-refractivity contribution is -0.119. The van der Waals surface area contributed by atoms with Gasteiger partial charge in [0.15, 0.2) is 11.6 Å². The third-order valence-corrected chi connectivity index (χ3v) is 5.06. The summed E-state index contributed by atoms with van der Waals surface area (Å²) in [5.41, 5.74) is 7.96. The monoisotopic (exact) mass is 413 g/mol. The van der Waals surface area contributed by atoms with Gasteiger partial charge in [-0.2, -0.15) is 9.64 Å². The van der Waals surface area contributed by atoms with Crippen molar-refractivity contribution in [3.8, 4) is 17.2 Å². The number of nitriles is 1. The molecule has 0 bridgehead atoms. The number of ketones is 1. The molecule has 1 aromatic carbocycles. The predicted molar refractivity (Wildman–Crippen MR) is 116 cm³/mol. The first kappa shape index (κ1) is 22.5. The van der Waals surface area contributed by atoms with Crippen molar-refractivity contribution < 1.29 is 9.59 Å². The summed E-state index contributed by atoms with van der Waals surface area (Å²) in [6.45, 7) is 4.37. The quantitative estimate of drug-likeness (QED) is 0.474. The molecule has 1 unspecified atom stereocenters. The number of hydrogen-bond acceptors (Lipinski definition) is 7. The van der Waals surface area contributed by atoms with Crippen molar-refractivity contribution in [1.82, 2.24) is 9.27 Å². The third kappa shape index (κ3) is 5.86. The summed E-state index contributed by atoms with van der Waals surface area (Å²) in [6.07, 6.45) is 0.534. The van der Waals surface area contributed by atoms with Gasteiger partial charge < -0.3 is 15.5 Å². The minimum Gasteiger partial charge on any atom is -0.368 e. The highest BCUT2D eigenvalue weighted by molar-refractivity contribution is 7.04. The van der Waals surface area contributed by atoms with E-state index < -0.39 is 11.9 Å². The van der Waals surface area contributed by atoms with Gasteiger partial charge in [-0.15, -0.1) is 0 Å². The van der Waals surface area contributed by atoms with Crippen molar-refractivity contribution in [2.75, 3.05) is 32.1 Å². The predicted octanol–water partition coefficient (Wildman–Crippen LogP) is 2.78. The number of primary amides is 1. The van der Waals surface area contributed by atoms with Crippen LogP contribution in [0.15, 0.2) is 29.6 Å². The fourth-order valence-corrected chi connectivity index (χ4v) is 3.80. The molecule has 0 radical (unpaired) electrons. The first-order chi connectivity index (χ1) is 13.7. The Labute approximate surface area is 175 Å². The second kappa shape index (κ2) is 10.1. The topological polar surface area (TPSA) is 103 Å². The van der Waals surface area contributed by atoms with Gasteiger partial charge in [0.25, 0.3) is 0 Å². The molecule has 0 saturated heterocycles. The van der Waals surface area contributed by atoms with E-state index in [4.69, 9.17) is 5.73 Å². The Balaban J connectivity index is 2.38. The number of Topliss-reactive ketones (excluding diaryl/α,β-unsaturated/α-hetero) is 1. The summed E-state index contributed by atoms with van der Waals surface area (Å²) >= 11 is 1.26. The van der Waals surface area contributed by atoms with Gasteiger partial charge in [0.2, 0.25) is 5.91 Å². The maximum absolute atomic E-state index is 12.2. The minimum absolute atomic E-state index is 0.0104. The van der Waals surface area contributed by atoms with Gasteiger partial charge in [0, 0.05) is 16.5 Å². The van der Waals surface area contributed by atoms with Crippen LogP contribution in [0.25, 0.3) is 11.1 Å². The molecule has 2 aromatic rings. The van der Waals surface area contributed by atoms with E-state index in [9.17, 15) is 14.9 Å². The highest BCUT2D eigenvalue weighted by atomic mass is 32.1. The van der Waals surface area contributed by atoms with Crippen LogP contribution in [0.1, 0.15) is 30.6 Å². The van der Waals surface area contributed by atoms with Crippen molar-refractivity contribution in [2.24, 2.45) is 11.7 Å². The molecular weight excluding hydrogens is 386 g/mol. The Bertz CT molecular complexity index is 883. The van der Waals surface area contributed by atoms with E-state index in [1.165, 1.54) is 11.5 Å². The van der Waals surface area contributed by atoms with Gasteiger partial charge in [0.05, 0.1) is 12.6 Å². The highest BCUT2D eigenvalue weighted by Gasteiger charge is 2.28. The summed E-state index contributed by atoms with van der Waals surface area (Å²) in [4.78, 5) is 27.8. The molecule has 29 heavy (non-hydrogen) atoms. The fourth-order valence-electron chi connectivity index (χ4n) is 3.10. The zero-order valence-corrected chi connectivity index (χ0v) is 18.1. The van der Waals surface area contributed by atoms with Crippen LogP contribution in [0, 0.1) is 17.2 Å². The second-order valence-electron chi connectivity index (χ2n) is 7.62. The van der Waals surface area contributed by atoms with Gasteiger partial charge in [-0.3, -0.25) is 9.59 Å². The molecule has 1 aromatic heterocycles. The summed E-state index contributed by atoms with van der Waals surface area (Å²) in [6, 6.07) is 8.81. The van der Waals surface area contributed by atoms with Crippen molar-refractivity contribution in [3.05, 3.63) is 35.2 Å². The average Bonchev–Trinajstić information content (AvgIpc) is 3.13. The Morgan fingerprint density at radius 2 is 1.90 bits per heavy atom. The van der Waals surface area contributed by atoms with E-state index in [-0.39, 0.29) is 18.2 Å². The molecule has 1 heterocycles. The number of carbonyl (C=O) groups excluding carboxylic acids is 2. The number of hydrogen-bond donors (Lipinski definition) is 1. The molecule has 2 N–H and O–H groups in total. The number of aromatic nitrogens is 1. The van der Waals surface area contributed by atoms with Gasteiger partial charge in [-0.25, -0.2) is 0 Å². The molecule has 1 atom stereocenters. The van der Waals surface area contributed by atoms with Crippen LogP contribution in [0.4, 0.5) is 5.82 Å². The molecule has 7 nitrogen and oxygen atoms in total. The van der Waals surface area contributed by atoms with Crippen LogP contribution in [-0.4, -0.2) is 54.2 Å². The maximum atomic E-state index is 12.2. The van der Waals surface area contributed by atoms with Crippen LogP contribution in [0.5, 0.6) is 0 Å². The van der Waals surface area contributed by atoms with E-state index >= 15 is 0 Å². The lowest BCUT2D eigenvalue weighted by atomic mass is 10.00. The van der Waals surface area contributed by atoms with Crippen LogP contribution >= 0.6 is 11.5 Å². The van der Waals surface area contributed by atoms with Crippen molar-refractivity contribution in [1.29, 1.82) is 5.26 Å². The molecule has 8 heteroatoms. The molecule has 0 spiro atoms. The number of carbonyl (C=O) groups is 2. The SMILES string of the molecule is CC(C)CC(C(N)=O)N(CC#N)c1nscc1-c1ccc(C(=O)CN(C)C)cc1. The number of nitrogens with zero attached hydrogens (tertiary/aromatic N) is 4. The fraction of sp³-hybridized carbons (Fsp3) is 0.429. The zero-order chi connectivity index (χ0) is 21.6. The van der Waals surface area contributed by atoms with Crippen LogP contribution in [0.3, 0.4) is 0 Å². The molecule has 0 aliphatic carbocycles. The number of amides is 1. The lowest BCUT2D eigenvalue weighted by Crippen LogP contribution is -2.46. The van der Waals surface area contributed by atoms with Crippen LogP contribution < -0.4 is 10.6 Å². The Hall–Kier alpha value is -2.76. The Morgan fingerprint density at radius 3 is 2.41 bits per heavy atom. The Kier molecular flexibility index (Phi) is 7.88. The molecule has 1 amide bonds. The van der Waals surface area contributed by atoms with E-state index in [0.717, 1.165) is 11.1 Å². The lowest BCUT2D eigenvalue weighted by Gasteiger charge is -2.29. The molecule has 2 rings (SSSR count). The molecule has 0 fully saturated rings. The van der Waals surface area contributed by atoms with Gasteiger partial charge in [0.1, 0.15) is 12.6 Å². The normalized spacial score (nSPS) is 12.0. The van der Waals surface area contributed by atoms with Crippen molar-refractivity contribution in [2.45, 2.75) is 26.3 Å². The zero-order valence-electron chi connectivity index (χ0n) is 17.3. The molecular formula is C21H27N5O2S. The van der Waals surface area contributed by atoms with Crippen LogP contribution in [-0.2, 0) is 4.79 Å². The number of anilines is 1. The van der Waals surface area contributed by atoms with Gasteiger partial charge in [-0.1, -0.05) is 38.1 Å². The number of likely N-dealkylation sites (N-methyl/N-ethyl adjacent to an activating group) is 1. The minimum atomic E-state index is -0.614. The van der Waals surface area contributed by atoms with E-state index in [1.54, 1.807) is 17.0 Å². The summed E-state index contributed by atoms with van der Waals surface area (Å²) < 4.78 is 4.45. The third-order valence-electron chi connectivity index (χ3n) is 4.44. The van der Waals surface area contributed by atoms with Gasteiger partial charge >= 0.3 is 0 Å². The molecule has 0 saturated carbocycles. The van der Waals surface area contributed by atoms with Crippen molar-refractivity contribution >= 4 is 29.0 Å². The standard InChI is InChI=1S/C21H27N5O2S/c1-14(2)11-18(20(23)28)26(10-9-22)21-17(13-29-24-21)15-5-7-16(8-6-15)19(27)12-25(3)4/h5-8,13-14,18H,10-12H2,1-4H3,(H2,23,28). The smallest absolute Gasteiger partial charge is 0.240 e. The molecule has 154 valence electrons. The first-order valence-corrected chi connectivity index (χ1v) is 10.2. The first-order valence-electron chi connectivity index (χ1n) is 9.40. The summed E-state index contributed by atoms with van der Waals surface area (Å²) in [5.74, 6) is 0.366. The average molecular weight is 414 g/mol. The van der Waals surface area contributed by atoms with Gasteiger partial charge in [-0.05, 0) is 43.5 Å². The number of rotatable bonds is 10. The second-order valence-corrected chi connectivity index (χ2v) is 8.25. The largest absolute Gasteiger partial charge is 0.368 e. The molecule has 0 aliphatic rings. The maximum Gasteiger partial charge on any atom is 0.240 e. The van der Waals surface area contributed by atoms with E-state index in [1.807, 2.05) is 50.4 Å². The number of nitrogens with two attached hydrogens (primary N) is 1. The molecule has 0 aliphatic heterocycles. The summed E-state index contributed by atoms with van der Waals surface area (Å²) in [5, 5.41) is 11.2. The Morgan fingerprint density at radius 1 is 1.24 bits per heavy atom. The highest BCUT2D eigenvalue weighted by Crippen LogP contribution is 2.33. The summed E-state index contributed by atoms with van der Waals surface area (Å²) in [7, 11) is 3.71. The van der Waals surface area contributed by atoms with E-state index in [2.05, 4.69) is 10.4 Å². The van der Waals surface area contributed by atoms with Crippen LogP contribution in [0.2, 0.25) is 0 Å².